The molecule has 6 heteroatoms. The van der Waals surface area contributed by atoms with E-state index < -0.39 is 17.5 Å². The Kier molecular flexibility index (Phi) is 4.18. The van der Waals surface area contributed by atoms with Crippen LogP contribution in [0.5, 0.6) is 0 Å². The van der Waals surface area contributed by atoms with Crippen molar-refractivity contribution in [2.75, 3.05) is 0 Å². The first-order chi connectivity index (χ1) is 9.97. The Morgan fingerprint density at radius 2 is 1.81 bits per heavy atom. The average Bonchev–Trinajstić information content (AvgIpc) is 2.89. The summed E-state index contributed by atoms with van der Waals surface area (Å²) in [4.78, 5) is 22.3. The van der Waals surface area contributed by atoms with Gasteiger partial charge in [-0.15, -0.1) is 0 Å². The monoisotopic (exact) mass is 290 g/mol. The number of hydrogen-bond acceptors (Lipinski definition) is 4. The van der Waals surface area contributed by atoms with E-state index in [0.29, 0.717) is 18.1 Å². The number of aliphatic hydroxyl groups is 1. The number of carboxylic acid groups (broad SMARTS) is 1. The first-order valence-electron chi connectivity index (χ1n) is 5.95. The number of carboxylic acids is 1. The van der Waals surface area contributed by atoms with E-state index in [1.807, 2.05) is 0 Å². The molecule has 0 radical (unpaired) electrons. The van der Waals surface area contributed by atoms with Gasteiger partial charge in [-0.05, 0) is 17.7 Å². The van der Waals surface area contributed by atoms with Crippen LogP contribution in [0.25, 0.3) is 0 Å². The van der Waals surface area contributed by atoms with Crippen LogP contribution in [-0.2, 0) is 11.2 Å². The van der Waals surface area contributed by atoms with Crippen molar-refractivity contribution >= 4 is 11.8 Å². The van der Waals surface area contributed by atoms with E-state index in [-0.39, 0.29) is 11.4 Å². The number of ketones is 1. The molecule has 0 atom stereocenters. The van der Waals surface area contributed by atoms with Gasteiger partial charge >= 0.3 is 5.97 Å². The Bertz CT molecular complexity index is 697. The van der Waals surface area contributed by atoms with Crippen molar-refractivity contribution in [1.82, 2.24) is 0 Å². The Balaban J connectivity index is 2.22. The maximum atomic E-state index is 12.8. The Morgan fingerprint density at radius 1 is 1.14 bits per heavy atom. The van der Waals surface area contributed by atoms with Crippen LogP contribution in [0.2, 0.25) is 0 Å². The van der Waals surface area contributed by atoms with Crippen LogP contribution in [0.1, 0.15) is 21.5 Å². The van der Waals surface area contributed by atoms with E-state index in [2.05, 4.69) is 0 Å². The third kappa shape index (κ3) is 3.56. The molecule has 0 aliphatic carbocycles. The number of aliphatic hydroxyl groups excluding tert-OH is 1. The molecule has 0 aliphatic rings. The van der Waals surface area contributed by atoms with E-state index in [1.165, 1.54) is 24.7 Å². The van der Waals surface area contributed by atoms with Gasteiger partial charge in [-0.25, -0.2) is 9.18 Å². The lowest BCUT2D eigenvalue weighted by Gasteiger charge is -2.01. The highest BCUT2D eigenvalue weighted by molar-refractivity contribution is 6.08. The summed E-state index contributed by atoms with van der Waals surface area (Å²) in [7, 11) is 0. The zero-order valence-corrected chi connectivity index (χ0v) is 10.7. The number of hydrogen-bond donors (Lipinski definition) is 2. The molecule has 1 heterocycles. The fourth-order valence-corrected chi connectivity index (χ4v) is 1.76. The maximum Gasteiger partial charge on any atom is 0.371 e. The lowest BCUT2D eigenvalue weighted by molar-refractivity contribution is -0.135. The Hall–Kier alpha value is -2.89. The number of rotatable bonds is 5. The van der Waals surface area contributed by atoms with Crippen LogP contribution in [0, 0.1) is 5.82 Å². The van der Waals surface area contributed by atoms with E-state index in [1.54, 1.807) is 12.1 Å². The summed E-state index contributed by atoms with van der Waals surface area (Å²) in [6.45, 7) is 0. The number of carbonyl (C=O) groups is 2. The van der Waals surface area contributed by atoms with Gasteiger partial charge in [0.2, 0.25) is 5.76 Å². The van der Waals surface area contributed by atoms with Crippen LogP contribution in [-0.4, -0.2) is 22.0 Å². The zero-order chi connectivity index (χ0) is 15.4. The predicted octanol–water partition coefficient (Wildman–Crippen LogP) is 2.72. The third-order valence-electron chi connectivity index (χ3n) is 2.80. The SMILES string of the molecule is O=C(O)C(O)=CC(=O)c1cocc1Cc1ccc(F)cc1. The van der Waals surface area contributed by atoms with Crippen molar-refractivity contribution in [3.8, 4) is 0 Å². The first-order valence-corrected chi connectivity index (χ1v) is 5.95. The number of allylic oxidation sites excluding steroid dienone is 1. The molecule has 0 amide bonds. The molecule has 0 bridgehead atoms. The Labute approximate surface area is 118 Å². The second kappa shape index (κ2) is 6.04. The van der Waals surface area contributed by atoms with Crippen LogP contribution in [0.4, 0.5) is 4.39 Å². The summed E-state index contributed by atoms with van der Waals surface area (Å²) in [6, 6.07) is 5.74. The molecule has 0 fully saturated rings. The molecule has 21 heavy (non-hydrogen) atoms. The standard InChI is InChI=1S/C15H11FO5/c16-11-3-1-9(2-4-11)5-10-7-21-8-12(10)13(17)6-14(18)15(19)20/h1-4,6-8,18H,5H2,(H,19,20). The molecule has 0 spiro atoms. The molecule has 2 aromatic rings. The van der Waals surface area contributed by atoms with Gasteiger partial charge in [0.05, 0.1) is 11.8 Å². The number of aliphatic carboxylic acids is 1. The van der Waals surface area contributed by atoms with Crippen molar-refractivity contribution in [3.05, 3.63) is 71.1 Å². The van der Waals surface area contributed by atoms with Gasteiger partial charge in [0.15, 0.2) is 5.78 Å². The molecular formula is C15H11FO5. The van der Waals surface area contributed by atoms with Crippen LogP contribution in [0.3, 0.4) is 0 Å². The van der Waals surface area contributed by atoms with Gasteiger partial charge in [-0.2, -0.15) is 0 Å². The predicted molar refractivity (Wildman–Crippen MR) is 70.6 cm³/mol. The topological polar surface area (TPSA) is 87.7 Å². The van der Waals surface area contributed by atoms with Crippen molar-refractivity contribution in [1.29, 1.82) is 0 Å². The number of furan rings is 1. The Morgan fingerprint density at radius 3 is 2.43 bits per heavy atom. The molecule has 0 aliphatic heterocycles. The summed E-state index contributed by atoms with van der Waals surface area (Å²) < 4.78 is 17.8. The largest absolute Gasteiger partial charge is 0.502 e. The lowest BCUT2D eigenvalue weighted by Crippen LogP contribution is -2.05. The molecule has 2 N–H and O–H groups in total. The summed E-state index contributed by atoms with van der Waals surface area (Å²) in [5, 5.41) is 17.6. The second-order valence-corrected chi connectivity index (χ2v) is 4.31. The average molecular weight is 290 g/mol. The highest BCUT2D eigenvalue weighted by atomic mass is 19.1. The van der Waals surface area contributed by atoms with Crippen molar-refractivity contribution in [3.63, 3.8) is 0 Å². The van der Waals surface area contributed by atoms with Crippen molar-refractivity contribution in [2.45, 2.75) is 6.42 Å². The van der Waals surface area contributed by atoms with Gasteiger partial charge in [0.25, 0.3) is 0 Å². The smallest absolute Gasteiger partial charge is 0.371 e. The van der Waals surface area contributed by atoms with Crippen molar-refractivity contribution < 1.29 is 28.6 Å². The van der Waals surface area contributed by atoms with E-state index in [4.69, 9.17) is 14.6 Å². The number of carbonyl (C=O) groups excluding carboxylic acids is 1. The molecule has 0 unspecified atom stereocenters. The fraction of sp³-hybridized carbons (Fsp3) is 0.0667. The van der Waals surface area contributed by atoms with Gasteiger partial charge in [-0.1, -0.05) is 12.1 Å². The van der Waals surface area contributed by atoms with Gasteiger partial charge in [0.1, 0.15) is 12.1 Å². The molecule has 2 rings (SSSR count). The van der Waals surface area contributed by atoms with Crippen LogP contribution < -0.4 is 0 Å². The molecule has 1 aromatic heterocycles. The lowest BCUT2D eigenvalue weighted by atomic mass is 10.0. The van der Waals surface area contributed by atoms with Gasteiger partial charge in [0, 0.05) is 18.1 Å². The zero-order valence-electron chi connectivity index (χ0n) is 10.7. The minimum absolute atomic E-state index is 0.145. The minimum Gasteiger partial charge on any atom is -0.502 e. The van der Waals surface area contributed by atoms with Gasteiger partial charge in [-0.3, -0.25) is 4.79 Å². The quantitative estimate of drug-likeness (QED) is 0.502. The number of benzene rings is 1. The highest BCUT2D eigenvalue weighted by Gasteiger charge is 2.15. The molecule has 0 saturated heterocycles. The molecular weight excluding hydrogens is 279 g/mol. The summed E-state index contributed by atoms with van der Waals surface area (Å²) in [5.41, 5.74) is 1.42. The number of halogens is 1. The molecule has 5 nitrogen and oxygen atoms in total. The van der Waals surface area contributed by atoms with Crippen LogP contribution >= 0.6 is 0 Å². The third-order valence-corrected chi connectivity index (χ3v) is 2.80. The normalized spacial score (nSPS) is 11.4. The molecule has 0 saturated carbocycles. The highest BCUT2D eigenvalue weighted by Crippen LogP contribution is 2.17. The first kappa shape index (κ1) is 14.5. The second-order valence-electron chi connectivity index (χ2n) is 4.31. The minimum atomic E-state index is -1.59. The maximum absolute atomic E-state index is 12.8. The van der Waals surface area contributed by atoms with Gasteiger partial charge < -0.3 is 14.6 Å². The van der Waals surface area contributed by atoms with E-state index >= 15 is 0 Å². The van der Waals surface area contributed by atoms with Crippen LogP contribution in [0.15, 0.2) is 53.0 Å². The summed E-state index contributed by atoms with van der Waals surface area (Å²) >= 11 is 0. The van der Waals surface area contributed by atoms with Crippen molar-refractivity contribution in [2.24, 2.45) is 0 Å². The van der Waals surface area contributed by atoms with E-state index in [9.17, 15) is 14.0 Å². The fourth-order valence-electron chi connectivity index (χ4n) is 1.76. The molecule has 1 aromatic carbocycles. The van der Waals surface area contributed by atoms with E-state index in [0.717, 1.165) is 5.56 Å². The molecule has 108 valence electrons. The summed E-state index contributed by atoms with van der Waals surface area (Å²) in [5.74, 6) is -3.68. The summed E-state index contributed by atoms with van der Waals surface area (Å²) in [6.07, 6.45) is 3.45.